The molecule has 0 saturated heterocycles. The SMILES string of the molecule is CCc1cc(C(=O)Nc2cc(-c3ccncc3)[nH]n2)n(C)n1. The summed E-state index contributed by atoms with van der Waals surface area (Å²) < 4.78 is 1.57. The summed E-state index contributed by atoms with van der Waals surface area (Å²) in [6, 6.07) is 7.30. The van der Waals surface area contributed by atoms with Crippen LogP contribution in [0.1, 0.15) is 23.1 Å². The number of H-pyrrole nitrogens is 1. The molecule has 0 aliphatic heterocycles. The van der Waals surface area contributed by atoms with E-state index in [0.717, 1.165) is 23.4 Å². The van der Waals surface area contributed by atoms with E-state index in [1.165, 1.54) is 0 Å². The van der Waals surface area contributed by atoms with E-state index in [4.69, 9.17) is 0 Å². The molecule has 0 aromatic carbocycles. The zero-order valence-corrected chi connectivity index (χ0v) is 12.4. The van der Waals surface area contributed by atoms with Gasteiger partial charge in [0.05, 0.1) is 11.4 Å². The van der Waals surface area contributed by atoms with Gasteiger partial charge in [-0.2, -0.15) is 10.2 Å². The first-order valence-electron chi connectivity index (χ1n) is 6.97. The van der Waals surface area contributed by atoms with Gasteiger partial charge in [0.2, 0.25) is 0 Å². The molecule has 3 heterocycles. The predicted molar refractivity (Wildman–Crippen MR) is 82.4 cm³/mol. The van der Waals surface area contributed by atoms with Gasteiger partial charge in [-0.25, -0.2) is 0 Å². The van der Waals surface area contributed by atoms with Gasteiger partial charge in [0, 0.05) is 31.1 Å². The number of nitrogens with zero attached hydrogens (tertiary/aromatic N) is 4. The van der Waals surface area contributed by atoms with E-state index in [1.54, 1.807) is 36.3 Å². The van der Waals surface area contributed by atoms with Crippen LogP contribution in [0, 0.1) is 0 Å². The molecule has 0 unspecified atom stereocenters. The topological polar surface area (TPSA) is 88.5 Å². The van der Waals surface area contributed by atoms with Crippen molar-refractivity contribution in [1.29, 1.82) is 0 Å². The van der Waals surface area contributed by atoms with Crippen LogP contribution in [0.5, 0.6) is 0 Å². The van der Waals surface area contributed by atoms with Crippen molar-refractivity contribution in [1.82, 2.24) is 25.0 Å². The summed E-state index contributed by atoms with van der Waals surface area (Å²) in [5.41, 5.74) is 3.16. The van der Waals surface area contributed by atoms with Gasteiger partial charge in [-0.3, -0.25) is 19.6 Å². The standard InChI is InChI=1S/C15H16N6O/c1-3-11-8-13(21(2)20-11)15(22)17-14-9-12(18-19-14)10-4-6-16-7-5-10/h4-9H,3H2,1-2H3,(H2,17,18,19,22). The van der Waals surface area contributed by atoms with E-state index < -0.39 is 0 Å². The summed E-state index contributed by atoms with van der Waals surface area (Å²) in [4.78, 5) is 16.2. The van der Waals surface area contributed by atoms with Crippen LogP contribution in [0.3, 0.4) is 0 Å². The molecule has 0 saturated carbocycles. The molecule has 0 aliphatic rings. The third-order valence-corrected chi connectivity index (χ3v) is 3.34. The van der Waals surface area contributed by atoms with Crippen LogP contribution in [-0.2, 0) is 13.5 Å². The van der Waals surface area contributed by atoms with Crippen molar-refractivity contribution in [2.24, 2.45) is 7.05 Å². The third-order valence-electron chi connectivity index (χ3n) is 3.34. The maximum atomic E-state index is 12.3. The zero-order chi connectivity index (χ0) is 15.5. The number of anilines is 1. The van der Waals surface area contributed by atoms with Crippen LogP contribution in [0.25, 0.3) is 11.3 Å². The first-order valence-corrected chi connectivity index (χ1v) is 6.97. The second-order valence-electron chi connectivity index (χ2n) is 4.85. The number of amides is 1. The maximum absolute atomic E-state index is 12.3. The summed E-state index contributed by atoms with van der Waals surface area (Å²) in [5, 5.41) is 14.0. The fourth-order valence-electron chi connectivity index (χ4n) is 2.16. The van der Waals surface area contributed by atoms with E-state index in [9.17, 15) is 4.79 Å². The Kier molecular flexibility index (Phi) is 3.69. The summed E-state index contributed by atoms with van der Waals surface area (Å²) in [7, 11) is 1.75. The van der Waals surface area contributed by atoms with Crippen LogP contribution < -0.4 is 5.32 Å². The fraction of sp³-hybridized carbons (Fsp3) is 0.200. The van der Waals surface area contributed by atoms with Crippen LogP contribution in [-0.4, -0.2) is 30.9 Å². The maximum Gasteiger partial charge on any atom is 0.275 e. The number of hydrogen-bond donors (Lipinski definition) is 2. The molecule has 7 heteroatoms. The summed E-state index contributed by atoms with van der Waals surface area (Å²) >= 11 is 0. The first kappa shape index (κ1) is 14.0. The van der Waals surface area contributed by atoms with Crippen LogP contribution >= 0.6 is 0 Å². The Bertz CT molecular complexity index is 789. The highest BCUT2D eigenvalue weighted by Gasteiger charge is 2.14. The molecular weight excluding hydrogens is 280 g/mol. The number of aromatic nitrogens is 5. The molecule has 22 heavy (non-hydrogen) atoms. The molecule has 1 amide bonds. The van der Waals surface area contributed by atoms with E-state index in [1.807, 2.05) is 19.1 Å². The van der Waals surface area contributed by atoms with Gasteiger partial charge >= 0.3 is 0 Å². The van der Waals surface area contributed by atoms with Crippen molar-refractivity contribution >= 4 is 11.7 Å². The van der Waals surface area contributed by atoms with E-state index in [2.05, 4.69) is 25.6 Å². The molecule has 3 aromatic rings. The second-order valence-corrected chi connectivity index (χ2v) is 4.85. The first-order chi connectivity index (χ1) is 10.7. The quantitative estimate of drug-likeness (QED) is 0.771. The van der Waals surface area contributed by atoms with Crippen LogP contribution in [0.15, 0.2) is 36.7 Å². The van der Waals surface area contributed by atoms with Crippen LogP contribution in [0.4, 0.5) is 5.82 Å². The smallest absolute Gasteiger partial charge is 0.275 e. The summed E-state index contributed by atoms with van der Waals surface area (Å²) in [6.07, 6.45) is 4.20. The average molecular weight is 296 g/mol. The molecule has 0 fully saturated rings. The minimum atomic E-state index is -0.234. The van der Waals surface area contributed by atoms with Crippen molar-refractivity contribution in [2.45, 2.75) is 13.3 Å². The molecule has 0 bridgehead atoms. The molecule has 0 atom stereocenters. The summed E-state index contributed by atoms with van der Waals surface area (Å²) in [6.45, 7) is 2.00. The Morgan fingerprint density at radius 1 is 1.32 bits per heavy atom. The van der Waals surface area contributed by atoms with Gasteiger partial charge in [-0.15, -0.1) is 0 Å². The third kappa shape index (κ3) is 2.73. The number of aromatic amines is 1. The van der Waals surface area contributed by atoms with Crippen molar-refractivity contribution in [3.8, 4) is 11.3 Å². The molecule has 0 aliphatic carbocycles. The van der Waals surface area contributed by atoms with Gasteiger partial charge in [-0.05, 0) is 24.6 Å². The molecule has 0 radical (unpaired) electrons. The lowest BCUT2D eigenvalue weighted by Crippen LogP contribution is -2.16. The fourth-order valence-corrected chi connectivity index (χ4v) is 2.16. The highest BCUT2D eigenvalue weighted by atomic mass is 16.2. The lowest BCUT2D eigenvalue weighted by atomic mass is 10.2. The molecule has 112 valence electrons. The largest absolute Gasteiger partial charge is 0.304 e. The van der Waals surface area contributed by atoms with E-state index in [0.29, 0.717) is 11.5 Å². The van der Waals surface area contributed by atoms with Gasteiger partial charge in [0.15, 0.2) is 5.82 Å². The van der Waals surface area contributed by atoms with Crippen molar-refractivity contribution in [3.63, 3.8) is 0 Å². The van der Waals surface area contributed by atoms with Gasteiger partial charge < -0.3 is 5.32 Å². The highest BCUT2D eigenvalue weighted by Crippen LogP contribution is 2.19. The number of hydrogen-bond acceptors (Lipinski definition) is 4. The Hall–Kier alpha value is -2.96. The number of rotatable bonds is 4. The zero-order valence-electron chi connectivity index (χ0n) is 12.4. The van der Waals surface area contributed by atoms with E-state index in [-0.39, 0.29) is 5.91 Å². The molecule has 0 spiro atoms. The van der Waals surface area contributed by atoms with Gasteiger partial charge in [0.1, 0.15) is 5.69 Å². The summed E-state index contributed by atoms with van der Waals surface area (Å²) in [5.74, 6) is 0.235. The van der Waals surface area contributed by atoms with Gasteiger partial charge in [0.25, 0.3) is 5.91 Å². The molecule has 3 rings (SSSR count). The van der Waals surface area contributed by atoms with E-state index >= 15 is 0 Å². The molecular formula is C15H16N6O. The minimum Gasteiger partial charge on any atom is -0.304 e. The lowest BCUT2D eigenvalue weighted by Gasteiger charge is -2.01. The average Bonchev–Trinajstić information content (AvgIpc) is 3.14. The number of pyridine rings is 1. The normalized spacial score (nSPS) is 10.6. The number of aryl methyl sites for hydroxylation is 2. The molecule has 3 aromatic heterocycles. The Morgan fingerprint density at radius 2 is 2.09 bits per heavy atom. The minimum absolute atomic E-state index is 0.234. The number of carbonyl (C=O) groups excluding carboxylic acids is 1. The van der Waals surface area contributed by atoms with Crippen LogP contribution in [0.2, 0.25) is 0 Å². The number of carbonyl (C=O) groups is 1. The number of nitrogens with one attached hydrogen (secondary N) is 2. The van der Waals surface area contributed by atoms with Crippen molar-refractivity contribution < 1.29 is 4.79 Å². The predicted octanol–water partition coefficient (Wildman–Crippen LogP) is 2.02. The molecule has 7 nitrogen and oxygen atoms in total. The second kappa shape index (κ2) is 5.80. The highest BCUT2D eigenvalue weighted by molar-refractivity contribution is 6.02. The lowest BCUT2D eigenvalue weighted by molar-refractivity contribution is 0.101. The Balaban J connectivity index is 1.77. The Morgan fingerprint density at radius 3 is 2.77 bits per heavy atom. The molecule has 2 N–H and O–H groups in total. The Labute approximate surface area is 127 Å². The van der Waals surface area contributed by atoms with Crippen molar-refractivity contribution in [2.75, 3.05) is 5.32 Å². The van der Waals surface area contributed by atoms with Crippen molar-refractivity contribution in [3.05, 3.63) is 48.0 Å². The monoisotopic (exact) mass is 296 g/mol. The van der Waals surface area contributed by atoms with Gasteiger partial charge in [-0.1, -0.05) is 6.92 Å².